The summed E-state index contributed by atoms with van der Waals surface area (Å²) in [6.07, 6.45) is 0.621. The average molecular weight is 435 g/mol. The summed E-state index contributed by atoms with van der Waals surface area (Å²) >= 11 is 0. The minimum Gasteiger partial charge on any atom is -0.497 e. The zero-order valence-electron chi connectivity index (χ0n) is 17.8. The number of aryl methyl sites for hydroxylation is 1. The molecule has 1 aliphatic rings. The third-order valence-electron chi connectivity index (χ3n) is 5.21. The summed E-state index contributed by atoms with van der Waals surface area (Å²) in [5.41, 5.74) is 2.81. The van der Waals surface area contributed by atoms with E-state index in [1.807, 2.05) is 53.4 Å². The molecule has 4 rings (SSSR count). The van der Waals surface area contributed by atoms with Gasteiger partial charge < -0.3 is 24.8 Å². The van der Waals surface area contributed by atoms with Crippen LogP contribution in [0, 0.1) is 0 Å². The maximum Gasteiger partial charge on any atom is 0.239 e. The molecular formula is C23H25N5O4. The summed E-state index contributed by atoms with van der Waals surface area (Å²) < 4.78 is 10.4. The van der Waals surface area contributed by atoms with Gasteiger partial charge in [0.15, 0.2) is 0 Å². The SMILES string of the molecule is COc1ccc(-c2noc(CCC(=O)NCc3ccc(N4CCNC(=O)C4)cc3)n2)cc1. The number of hydrogen-bond acceptors (Lipinski definition) is 7. The number of anilines is 1. The largest absolute Gasteiger partial charge is 0.497 e. The quantitative estimate of drug-likeness (QED) is 0.556. The minimum atomic E-state index is -0.0917. The van der Waals surface area contributed by atoms with E-state index in [1.54, 1.807) is 7.11 Å². The molecule has 2 amide bonds. The number of rotatable bonds is 8. The van der Waals surface area contributed by atoms with E-state index in [2.05, 4.69) is 20.8 Å². The second-order valence-electron chi connectivity index (χ2n) is 7.45. The Morgan fingerprint density at radius 2 is 1.97 bits per heavy atom. The van der Waals surface area contributed by atoms with Gasteiger partial charge in [-0.15, -0.1) is 0 Å². The molecule has 2 heterocycles. The van der Waals surface area contributed by atoms with Crippen molar-refractivity contribution in [1.29, 1.82) is 0 Å². The highest BCUT2D eigenvalue weighted by Gasteiger charge is 2.16. The molecule has 1 aromatic heterocycles. The van der Waals surface area contributed by atoms with Crippen LogP contribution in [0.4, 0.5) is 5.69 Å². The highest BCUT2D eigenvalue weighted by molar-refractivity contribution is 5.82. The highest BCUT2D eigenvalue weighted by Crippen LogP contribution is 2.20. The van der Waals surface area contributed by atoms with Crippen molar-refractivity contribution in [1.82, 2.24) is 20.8 Å². The Labute approximate surface area is 185 Å². The van der Waals surface area contributed by atoms with E-state index < -0.39 is 0 Å². The maximum absolute atomic E-state index is 12.2. The summed E-state index contributed by atoms with van der Waals surface area (Å²) in [6.45, 7) is 2.24. The fourth-order valence-electron chi connectivity index (χ4n) is 3.41. The van der Waals surface area contributed by atoms with Crippen LogP contribution in [0.15, 0.2) is 53.1 Å². The lowest BCUT2D eigenvalue weighted by atomic mass is 10.1. The van der Waals surface area contributed by atoms with Crippen LogP contribution in [0.5, 0.6) is 5.75 Å². The van der Waals surface area contributed by atoms with Crippen molar-refractivity contribution in [3.8, 4) is 17.1 Å². The van der Waals surface area contributed by atoms with Crippen molar-refractivity contribution in [3.63, 3.8) is 0 Å². The third kappa shape index (κ3) is 5.42. The van der Waals surface area contributed by atoms with Crippen LogP contribution < -0.4 is 20.3 Å². The standard InChI is InChI=1S/C23H25N5O4/c1-31-19-8-4-17(5-9-19)23-26-22(32-27-23)11-10-20(29)25-14-16-2-6-18(7-3-16)28-13-12-24-21(30)15-28/h2-9H,10-15H2,1H3,(H,24,30)(H,25,29). The first kappa shape index (κ1) is 21.4. The van der Waals surface area contributed by atoms with Gasteiger partial charge in [-0.3, -0.25) is 9.59 Å². The van der Waals surface area contributed by atoms with Gasteiger partial charge in [0.1, 0.15) is 5.75 Å². The van der Waals surface area contributed by atoms with E-state index >= 15 is 0 Å². The average Bonchev–Trinajstić information content (AvgIpc) is 3.31. The molecule has 3 aromatic rings. The molecule has 1 fully saturated rings. The lowest BCUT2D eigenvalue weighted by molar-refractivity contribution is -0.121. The second kappa shape index (κ2) is 9.95. The molecule has 9 nitrogen and oxygen atoms in total. The zero-order chi connectivity index (χ0) is 22.3. The third-order valence-corrected chi connectivity index (χ3v) is 5.21. The van der Waals surface area contributed by atoms with Gasteiger partial charge in [0.05, 0.1) is 13.7 Å². The molecular weight excluding hydrogens is 410 g/mol. The molecule has 0 saturated carbocycles. The lowest BCUT2D eigenvalue weighted by Crippen LogP contribution is -2.47. The monoisotopic (exact) mass is 435 g/mol. The Hall–Kier alpha value is -3.88. The molecule has 0 radical (unpaired) electrons. The molecule has 0 aliphatic carbocycles. The Kier molecular flexibility index (Phi) is 6.64. The van der Waals surface area contributed by atoms with Crippen LogP contribution in [0.2, 0.25) is 0 Å². The number of nitrogens with zero attached hydrogens (tertiary/aromatic N) is 3. The summed E-state index contributed by atoms with van der Waals surface area (Å²) in [5, 5.41) is 9.70. The Bertz CT molecular complexity index is 1060. The van der Waals surface area contributed by atoms with Crippen molar-refractivity contribution in [2.75, 3.05) is 31.6 Å². The first-order valence-corrected chi connectivity index (χ1v) is 10.4. The number of ether oxygens (including phenoxy) is 1. The Balaban J connectivity index is 1.23. The van der Waals surface area contributed by atoms with Crippen molar-refractivity contribution in [2.45, 2.75) is 19.4 Å². The molecule has 9 heteroatoms. The minimum absolute atomic E-state index is 0.0324. The van der Waals surface area contributed by atoms with Gasteiger partial charge in [-0.2, -0.15) is 4.98 Å². The molecule has 0 bridgehead atoms. The van der Waals surface area contributed by atoms with Gasteiger partial charge in [0.2, 0.25) is 23.5 Å². The molecule has 1 aliphatic heterocycles. The Morgan fingerprint density at radius 3 is 2.69 bits per heavy atom. The fraction of sp³-hybridized carbons (Fsp3) is 0.304. The number of piperazine rings is 1. The molecule has 0 atom stereocenters. The maximum atomic E-state index is 12.2. The number of carbonyl (C=O) groups excluding carboxylic acids is 2. The lowest BCUT2D eigenvalue weighted by Gasteiger charge is -2.28. The van der Waals surface area contributed by atoms with E-state index in [4.69, 9.17) is 9.26 Å². The van der Waals surface area contributed by atoms with Crippen LogP contribution in [-0.4, -0.2) is 48.7 Å². The predicted octanol–water partition coefficient (Wildman–Crippen LogP) is 1.93. The summed E-state index contributed by atoms with van der Waals surface area (Å²) in [7, 11) is 1.61. The van der Waals surface area contributed by atoms with E-state index in [-0.39, 0.29) is 18.2 Å². The first-order valence-electron chi connectivity index (χ1n) is 10.4. The van der Waals surface area contributed by atoms with Gasteiger partial charge in [0, 0.05) is 43.7 Å². The normalized spacial score (nSPS) is 13.5. The molecule has 32 heavy (non-hydrogen) atoms. The highest BCUT2D eigenvalue weighted by atomic mass is 16.5. The first-order chi connectivity index (χ1) is 15.6. The smallest absolute Gasteiger partial charge is 0.239 e. The molecule has 0 unspecified atom stereocenters. The fourth-order valence-corrected chi connectivity index (χ4v) is 3.41. The van der Waals surface area contributed by atoms with Crippen LogP contribution in [0.1, 0.15) is 17.9 Å². The summed E-state index contributed by atoms with van der Waals surface area (Å²) in [6, 6.07) is 15.2. The van der Waals surface area contributed by atoms with Crippen molar-refractivity contribution in [3.05, 3.63) is 60.0 Å². The number of aromatic nitrogens is 2. The molecule has 2 N–H and O–H groups in total. The summed E-state index contributed by atoms with van der Waals surface area (Å²) in [5.74, 6) is 1.59. The van der Waals surface area contributed by atoms with Gasteiger partial charge in [-0.1, -0.05) is 17.3 Å². The number of carbonyl (C=O) groups is 2. The van der Waals surface area contributed by atoms with E-state index in [0.717, 1.165) is 29.1 Å². The van der Waals surface area contributed by atoms with Crippen molar-refractivity contribution < 1.29 is 18.8 Å². The van der Waals surface area contributed by atoms with Gasteiger partial charge in [-0.25, -0.2) is 0 Å². The number of methoxy groups -OCH3 is 1. The van der Waals surface area contributed by atoms with Gasteiger partial charge >= 0.3 is 0 Å². The number of amides is 2. The van der Waals surface area contributed by atoms with Gasteiger partial charge in [-0.05, 0) is 42.0 Å². The molecule has 166 valence electrons. The number of benzene rings is 2. The molecule has 2 aromatic carbocycles. The second-order valence-corrected chi connectivity index (χ2v) is 7.45. The van der Waals surface area contributed by atoms with Crippen LogP contribution in [0.3, 0.4) is 0 Å². The molecule has 1 saturated heterocycles. The Morgan fingerprint density at radius 1 is 1.19 bits per heavy atom. The van der Waals surface area contributed by atoms with Crippen LogP contribution in [0.25, 0.3) is 11.4 Å². The molecule has 0 spiro atoms. The summed E-state index contributed by atoms with van der Waals surface area (Å²) in [4.78, 5) is 30.1. The van der Waals surface area contributed by atoms with Gasteiger partial charge in [0.25, 0.3) is 0 Å². The van der Waals surface area contributed by atoms with Crippen molar-refractivity contribution in [2.24, 2.45) is 0 Å². The number of hydrogen-bond donors (Lipinski definition) is 2. The predicted molar refractivity (Wildman–Crippen MR) is 118 cm³/mol. The van der Waals surface area contributed by atoms with E-state index in [1.165, 1.54) is 0 Å². The van der Waals surface area contributed by atoms with Crippen LogP contribution >= 0.6 is 0 Å². The van der Waals surface area contributed by atoms with E-state index in [9.17, 15) is 9.59 Å². The van der Waals surface area contributed by atoms with Crippen molar-refractivity contribution >= 4 is 17.5 Å². The topological polar surface area (TPSA) is 110 Å². The zero-order valence-corrected chi connectivity index (χ0v) is 17.8. The van der Waals surface area contributed by atoms with E-state index in [0.29, 0.717) is 37.8 Å². The van der Waals surface area contributed by atoms with Crippen LogP contribution in [-0.2, 0) is 22.6 Å². The number of nitrogens with one attached hydrogen (secondary N) is 2.